The number of nitrogen functional groups attached to an aromatic ring is 1. The van der Waals surface area contributed by atoms with Gasteiger partial charge in [-0.1, -0.05) is 0 Å². The summed E-state index contributed by atoms with van der Waals surface area (Å²) in [5, 5.41) is 2.87. The Morgan fingerprint density at radius 1 is 1.10 bits per heavy atom. The fourth-order valence-corrected chi connectivity index (χ4v) is 1.98. The van der Waals surface area contributed by atoms with E-state index in [1.165, 1.54) is 0 Å². The number of hydrogen-bond acceptors (Lipinski definition) is 4. The molecule has 1 heterocycles. The zero-order valence-corrected chi connectivity index (χ0v) is 11.8. The number of aryl methyl sites for hydroxylation is 3. The highest BCUT2D eigenvalue weighted by molar-refractivity contribution is 6.04. The molecule has 0 aliphatic carbocycles. The number of aromatic nitrogens is 1. The highest BCUT2D eigenvalue weighted by Gasteiger charge is 2.09. The summed E-state index contributed by atoms with van der Waals surface area (Å²) in [5.41, 5.74) is 7.33. The number of nitrogens with zero attached hydrogens (tertiary/aromatic N) is 1. The van der Waals surface area contributed by atoms with Crippen molar-refractivity contribution in [1.29, 1.82) is 0 Å². The van der Waals surface area contributed by atoms with Crippen LogP contribution in [-0.2, 0) is 0 Å². The number of pyridine rings is 1. The molecule has 1 aromatic heterocycles. The van der Waals surface area contributed by atoms with E-state index >= 15 is 0 Å². The molecule has 0 unspecified atom stereocenters. The fourth-order valence-electron chi connectivity index (χ4n) is 1.98. The van der Waals surface area contributed by atoms with Gasteiger partial charge in [-0.2, -0.15) is 0 Å². The SMILES string of the molecule is Cc1ccc(NC(=O)c2ccc(NN)c(C)c2)c(C)n1. The lowest BCUT2D eigenvalue weighted by molar-refractivity contribution is 0.102. The first kappa shape index (κ1) is 14.0. The van der Waals surface area contributed by atoms with Crippen LogP contribution in [0, 0.1) is 20.8 Å². The van der Waals surface area contributed by atoms with Crippen molar-refractivity contribution in [2.45, 2.75) is 20.8 Å². The topological polar surface area (TPSA) is 80.0 Å². The van der Waals surface area contributed by atoms with Crippen LogP contribution in [0.4, 0.5) is 11.4 Å². The van der Waals surface area contributed by atoms with Crippen LogP contribution in [0.1, 0.15) is 27.3 Å². The second kappa shape index (κ2) is 5.71. The molecule has 1 amide bonds. The summed E-state index contributed by atoms with van der Waals surface area (Å²) in [4.78, 5) is 16.5. The number of amides is 1. The molecule has 4 N–H and O–H groups in total. The number of benzene rings is 1. The van der Waals surface area contributed by atoms with E-state index in [2.05, 4.69) is 15.7 Å². The number of nitrogens with two attached hydrogens (primary N) is 1. The Labute approximate surface area is 118 Å². The largest absolute Gasteiger partial charge is 0.324 e. The molecule has 2 rings (SSSR count). The molecule has 1 aromatic carbocycles. The Morgan fingerprint density at radius 3 is 2.40 bits per heavy atom. The van der Waals surface area contributed by atoms with Gasteiger partial charge in [0.25, 0.3) is 5.91 Å². The minimum Gasteiger partial charge on any atom is -0.324 e. The Kier molecular flexibility index (Phi) is 4.00. The average molecular weight is 270 g/mol. The number of hydrazine groups is 1. The minimum absolute atomic E-state index is 0.162. The van der Waals surface area contributed by atoms with Gasteiger partial charge in [0, 0.05) is 11.3 Å². The molecule has 0 fully saturated rings. The summed E-state index contributed by atoms with van der Waals surface area (Å²) in [6, 6.07) is 9.04. The van der Waals surface area contributed by atoms with Crippen LogP contribution in [0.25, 0.3) is 0 Å². The average Bonchev–Trinajstić information content (AvgIpc) is 2.41. The van der Waals surface area contributed by atoms with Crippen molar-refractivity contribution < 1.29 is 4.79 Å². The van der Waals surface area contributed by atoms with E-state index in [4.69, 9.17) is 5.84 Å². The standard InChI is InChI=1S/C15H18N4O/c1-9-8-12(5-7-13(9)19-16)15(20)18-14-6-4-10(2)17-11(14)3/h4-8,19H,16H2,1-3H3,(H,18,20). The third-order valence-corrected chi connectivity index (χ3v) is 3.12. The highest BCUT2D eigenvalue weighted by atomic mass is 16.1. The van der Waals surface area contributed by atoms with Crippen molar-refractivity contribution >= 4 is 17.3 Å². The third-order valence-electron chi connectivity index (χ3n) is 3.12. The molecule has 0 atom stereocenters. The minimum atomic E-state index is -0.162. The molecule has 104 valence electrons. The van der Waals surface area contributed by atoms with E-state index in [0.29, 0.717) is 5.56 Å². The zero-order chi connectivity index (χ0) is 14.7. The molecule has 20 heavy (non-hydrogen) atoms. The Hall–Kier alpha value is -2.40. The van der Waals surface area contributed by atoms with Crippen molar-refractivity contribution in [3.05, 3.63) is 52.8 Å². The molecule has 2 aromatic rings. The van der Waals surface area contributed by atoms with Gasteiger partial charge in [-0.05, 0) is 56.7 Å². The quantitative estimate of drug-likeness (QED) is 0.591. The summed E-state index contributed by atoms with van der Waals surface area (Å²) in [7, 11) is 0. The van der Waals surface area contributed by atoms with Crippen molar-refractivity contribution in [1.82, 2.24) is 4.98 Å². The Balaban J connectivity index is 2.21. The summed E-state index contributed by atoms with van der Waals surface area (Å²) < 4.78 is 0. The van der Waals surface area contributed by atoms with Crippen LogP contribution >= 0.6 is 0 Å². The first-order valence-electron chi connectivity index (χ1n) is 6.34. The predicted octanol–water partition coefficient (Wildman–Crippen LogP) is 2.54. The number of nitrogens with one attached hydrogen (secondary N) is 2. The lowest BCUT2D eigenvalue weighted by atomic mass is 10.1. The summed E-state index contributed by atoms with van der Waals surface area (Å²) >= 11 is 0. The number of rotatable bonds is 3. The van der Waals surface area contributed by atoms with Gasteiger partial charge < -0.3 is 10.7 Å². The fraction of sp³-hybridized carbons (Fsp3) is 0.200. The van der Waals surface area contributed by atoms with Crippen LogP contribution in [0.2, 0.25) is 0 Å². The predicted molar refractivity (Wildman–Crippen MR) is 80.7 cm³/mol. The van der Waals surface area contributed by atoms with Gasteiger partial charge >= 0.3 is 0 Å². The summed E-state index contributed by atoms with van der Waals surface area (Å²) in [5.74, 6) is 5.21. The number of carbonyl (C=O) groups excluding carboxylic acids is 1. The summed E-state index contributed by atoms with van der Waals surface area (Å²) in [6.45, 7) is 5.68. The molecular weight excluding hydrogens is 252 g/mol. The number of hydrogen-bond donors (Lipinski definition) is 3. The van der Waals surface area contributed by atoms with E-state index in [0.717, 1.165) is 28.3 Å². The monoisotopic (exact) mass is 270 g/mol. The smallest absolute Gasteiger partial charge is 0.255 e. The van der Waals surface area contributed by atoms with Gasteiger partial charge in [-0.3, -0.25) is 15.6 Å². The van der Waals surface area contributed by atoms with Crippen molar-refractivity contribution in [2.75, 3.05) is 10.7 Å². The first-order chi connectivity index (χ1) is 9.51. The molecule has 0 aliphatic heterocycles. The lowest BCUT2D eigenvalue weighted by Crippen LogP contribution is -2.14. The number of carbonyl (C=O) groups is 1. The van der Waals surface area contributed by atoms with Crippen LogP contribution in [0.5, 0.6) is 0 Å². The molecule has 0 bridgehead atoms. The maximum atomic E-state index is 12.2. The number of anilines is 2. The Bertz CT molecular complexity index is 652. The van der Waals surface area contributed by atoms with E-state index in [-0.39, 0.29) is 5.91 Å². The maximum Gasteiger partial charge on any atom is 0.255 e. The van der Waals surface area contributed by atoms with Gasteiger partial charge in [0.05, 0.1) is 17.1 Å². The van der Waals surface area contributed by atoms with Crippen molar-refractivity contribution in [3.63, 3.8) is 0 Å². The molecule has 0 spiro atoms. The molecule has 5 nitrogen and oxygen atoms in total. The molecule has 0 saturated carbocycles. The van der Waals surface area contributed by atoms with Gasteiger partial charge in [-0.15, -0.1) is 0 Å². The summed E-state index contributed by atoms with van der Waals surface area (Å²) in [6.07, 6.45) is 0. The maximum absolute atomic E-state index is 12.2. The van der Waals surface area contributed by atoms with Crippen molar-refractivity contribution in [2.24, 2.45) is 5.84 Å². The second-order valence-electron chi connectivity index (χ2n) is 4.71. The molecule has 0 aliphatic rings. The molecular formula is C15H18N4O. The van der Waals surface area contributed by atoms with Crippen molar-refractivity contribution in [3.8, 4) is 0 Å². The van der Waals surface area contributed by atoms with E-state index < -0.39 is 0 Å². The van der Waals surface area contributed by atoms with E-state index in [9.17, 15) is 4.79 Å². The molecule has 0 radical (unpaired) electrons. The van der Waals surface area contributed by atoms with Crippen LogP contribution in [0.15, 0.2) is 30.3 Å². The Morgan fingerprint density at radius 2 is 1.80 bits per heavy atom. The normalized spacial score (nSPS) is 10.2. The third kappa shape index (κ3) is 2.95. The van der Waals surface area contributed by atoms with E-state index in [1.807, 2.05) is 32.9 Å². The van der Waals surface area contributed by atoms with Gasteiger partial charge in [-0.25, -0.2) is 0 Å². The van der Waals surface area contributed by atoms with Gasteiger partial charge in [0.1, 0.15) is 0 Å². The molecule has 5 heteroatoms. The molecule has 0 saturated heterocycles. The second-order valence-corrected chi connectivity index (χ2v) is 4.71. The van der Waals surface area contributed by atoms with Crippen LogP contribution < -0.4 is 16.6 Å². The van der Waals surface area contributed by atoms with Gasteiger partial charge in [0.15, 0.2) is 0 Å². The van der Waals surface area contributed by atoms with Gasteiger partial charge in [0.2, 0.25) is 0 Å². The van der Waals surface area contributed by atoms with E-state index in [1.54, 1.807) is 18.2 Å². The first-order valence-corrected chi connectivity index (χ1v) is 6.34. The zero-order valence-electron chi connectivity index (χ0n) is 11.8. The van der Waals surface area contributed by atoms with Crippen LogP contribution in [0.3, 0.4) is 0 Å². The lowest BCUT2D eigenvalue weighted by Gasteiger charge is -2.10. The van der Waals surface area contributed by atoms with Crippen LogP contribution in [-0.4, -0.2) is 10.9 Å². The highest BCUT2D eigenvalue weighted by Crippen LogP contribution is 2.18.